The van der Waals surface area contributed by atoms with Gasteiger partial charge in [-0.2, -0.15) is 0 Å². The van der Waals surface area contributed by atoms with Gasteiger partial charge in [0.05, 0.1) is 0 Å². The van der Waals surface area contributed by atoms with Crippen molar-refractivity contribution in [1.29, 1.82) is 0 Å². The lowest BCUT2D eigenvalue weighted by Gasteiger charge is -2.21. The van der Waals surface area contributed by atoms with Crippen molar-refractivity contribution in [2.24, 2.45) is 16.7 Å². The molecule has 0 saturated heterocycles. The van der Waals surface area contributed by atoms with Crippen LogP contribution in [0.4, 0.5) is 17.1 Å². The quantitative estimate of drug-likeness (QED) is 0.534. The van der Waals surface area contributed by atoms with Gasteiger partial charge in [0.1, 0.15) is 0 Å². The fourth-order valence-corrected chi connectivity index (χ4v) is 2.35. The first-order valence-corrected chi connectivity index (χ1v) is 9.79. The Hall–Kier alpha value is -1.71. The second kappa shape index (κ2) is 9.29. The lowest BCUT2D eigenvalue weighted by atomic mass is 9.92. The van der Waals surface area contributed by atoms with Gasteiger partial charge in [0.15, 0.2) is 0 Å². The minimum absolute atomic E-state index is 0.0372. The van der Waals surface area contributed by atoms with E-state index < -0.39 is 0 Å². The molecule has 0 aliphatic rings. The van der Waals surface area contributed by atoms with Crippen molar-refractivity contribution in [3.05, 3.63) is 18.2 Å². The van der Waals surface area contributed by atoms with E-state index in [4.69, 9.17) is 0 Å². The Morgan fingerprint density at radius 2 is 1.19 bits per heavy atom. The zero-order chi connectivity index (χ0) is 20.0. The smallest absolute Gasteiger partial charge is 0.226 e. The number of nitrogens with one attached hydrogen (secondary N) is 3. The molecule has 1 aromatic carbocycles. The first-order chi connectivity index (χ1) is 11.9. The Morgan fingerprint density at radius 3 is 1.54 bits per heavy atom. The molecule has 0 bridgehead atoms. The molecule has 1 aromatic rings. The number of carbonyl (C=O) groups excluding carboxylic acids is 1. The summed E-state index contributed by atoms with van der Waals surface area (Å²) in [6.45, 7) is 19.1. The third kappa shape index (κ3) is 9.69. The molecule has 1 rings (SSSR count). The minimum atomic E-state index is -0.0372. The SMILES string of the molecule is CC(C)C(=O)Nc1cc(NCCC(C)(C)C)cc(NCCC(C)(C)C)c1. The van der Waals surface area contributed by atoms with Crippen LogP contribution in [0.1, 0.15) is 68.2 Å². The van der Waals surface area contributed by atoms with Crippen molar-refractivity contribution in [2.45, 2.75) is 68.2 Å². The van der Waals surface area contributed by atoms with E-state index in [1.165, 1.54) is 0 Å². The van der Waals surface area contributed by atoms with E-state index in [0.717, 1.165) is 43.0 Å². The Kier molecular flexibility index (Phi) is 7.98. The molecule has 0 spiro atoms. The maximum absolute atomic E-state index is 12.1. The van der Waals surface area contributed by atoms with Crippen molar-refractivity contribution in [3.63, 3.8) is 0 Å². The van der Waals surface area contributed by atoms with Crippen LogP contribution in [0, 0.1) is 16.7 Å². The lowest BCUT2D eigenvalue weighted by molar-refractivity contribution is -0.118. The molecular formula is C22H39N3O. The monoisotopic (exact) mass is 361 g/mol. The molecule has 1 amide bonds. The van der Waals surface area contributed by atoms with E-state index in [9.17, 15) is 4.79 Å². The molecular weight excluding hydrogens is 322 g/mol. The zero-order valence-electron chi connectivity index (χ0n) is 18.0. The van der Waals surface area contributed by atoms with E-state index in [1.54, 1.807) is 0 Å². The minimum Gasteiger partial charge on any atom is -0.385 e. The van der Waals surface area contributed by atoms with Crippen molar-refractivity contribution >= 4 is 23.0 Å². The van der Waals surface area contributed by atoms with Crippen LogP contribution in [-0.4, -0.2) is 19.0 Å². The van der Waals surface area contributed by atoms with Crippen LogP contribution in [-0.2, 0) is 4.79 Å². The average Bonchev–Trinajstić information content (AvgIpc) is 2.44. The normalized spacial score (nSPS) is 12.2. The molecule has 0 fully saturated rings. The number of anilines is 3. The average molecular weight is 362 g/mol. The molecule has 0 aliphatic carbocycles. The number of carbonyl (C=O) groups is 1. The molecule has 0 radical (unpaired) electrons. The largest absolute Gasteiger partial charge is 0.385 e. The van der Waals surface area contributed by atoms with Gasteiger partial charge in [-0.25, -0.2) is 0 Å². The third-order valence-corrected chi connectivity index (χ3v) is 4.13. The summed E-state index contributed by atoms with van der Waals surface area (Å²) >= 11 is 0. The maximum atomic E-state index is 12.1. The highest BCUT2D eigenvalue weighted by atomic mass is 16.1. The van der Waals surface area contributed by atoms with Crippen LogP contribution in [0.5, 0.6) is 0 Å². The molecule has 4 heteroatoms. The number of hydrogen-bond donors (Lipinski definition) is 3. The van der Waals surface area contributed by atoms with Crippen LogP contribution in [0.25, 0.3) is 0 Å². The molecule has 0 atom stereocenters. The number of hydrogen-bond acceptors (Lipinski definition) is 3. The van der Waals surface area contributed by atoms with Gasteiger partial charge >= 0.3 is 0 Å². The lowest BCUT2D eigenvalue weighted by Crippen LogP contribution is -2.18. The molecule has 26 heavy (non-hydrogen) atoms. The van der Waals surface area contributed by atoms with Gasteiger partial charge in [0, 0.05) is 36.1 Å². The molecule has 148 valence electrons. The molecule has 0 unspecified atom stereocenters. The third-order valence-electron chi connectivity index (χ3n) is 4.13. The van der Waals surface area contributed by atoms with Gasteiger partial charge in [0.25, 0.3) is 0 Å². The summed E-state index contributed by atoms with van der Waals surface area (Å²) in [5, 5.41) is 10.0. The van der Waals surface area contributed by atoms with E-state index in [-0.39, 0.29) is 11.8 Å². The van der Waals surface area contributed by atoms with Crippen molar-refractivity contribution in [1.82, 2.24) is 0 Å². The summed E-state index contributed by atoms with van der Waals surface area (Å²) in [7, 11) is 0. The van der Waals surface area contributed by atoms with Crippen LogP contribution in [0.3, 0.4) is 0 Å². The van der Waals surface area contributed by atoms with Gasteiger partial charge < -0.3 is 16.0 Å². The highest BCUT2D eigenvalue weighted by Gasteiger charge is 2.12. The molecule has 3 N–H and O–H groups in total. The topological polar surface area (TPSA) is 53.2 Å². The summed E-state index contributed by atoms with van der Waals surface area (Å²) in [5.41, 5.74) is 3.50. The number of benzene rings is 1. The Labute approximate surface area is 160 Å². The van der Waals surface area contributed by atoms with Crippen LogP contribution in [0.2, 0.25) is 0 Å². The predicted molar refractivity (Wildman–Crippen MR) is 115 cm³/mol. The fraction of sp³-hybridized carbons (Fsp3) is 0.682. The number of rotatable bonds is 8. The van der Waals surface area contributed by atoms with Gasteiger partial charge in [-0.3, -0.25) is 4.79 Å². The molecule has 0 heterocycles. The standard InChI is InChI=1S/C22H39N3O/c1-16(2)20(26)25-19-14-17(23-11-9-21(3,4)5)13-18(15-19)24-12-10-22(6,7)8/h13-16,23-24H,9-12H2,1-8H3,(H,25,26). The second-order valence-corrected chi connectivity index (χ2v) is 9.92. The summed E-state index contributed by atoms with van der Waals surface area (Å²) in [4.78, 5) is 12.1. The summed E-state index contributed by atoms with van der Waals surface area (Å²) in [6, 6.07) is 6.14. The first kappa shape index (κ1) is 22.3. The van der Waals surface area contributed by atoms with Crippen LogP contribution >= 0.6 is 0 Å². The van der Waals surface area contributed by atoms with Gasteiger partial charge in [-0.05, 0) is 41.9 Å². The van der Waals surface area contributed by atoms with Crippen molar-refractivity contribution in [2.75, 3.05) is 29.0 Å². The molecule has 0 aromatic heterocycles. The highest BCUT2D eigenvalue weighted by Crippen LogP contribution is 2.26. The fourth-order valence-electron chi connectivity index (χ4n) is 2.35. The molecule has 0 saturated carbocycles. The number of amides is 1. The van der Waals surface area contributed by atoms with Crippen molar-refractivity contribution < 1.29 is 4.79 Å². The van der Waals surface area contributed by atoms with E-state index in [0.29, 0.717) is 10.8 Å². The van der Waals surface area contributed by atoms with Gasteiger partial charge in [0.2, 0.25) is 5.91 Å². The van der Waals surface area contributed by atoms with Crippen LogP contribution < -0.4 is 16.0 Å². The molecule has 0 aliphatic heterocycles. The predicted octanol–water partition coefficient (Wildman–Crippen LogP) is 5.98. The van der Waals surface area contributed by atoms with E-state index in [1.807, 2.05) is 26.0 Å². The maximum Gasteiger partial charge on any atom is 0.226 e. The van der Waals surface area contributed by atoms with E-state index >= 15 is 0 Å². The molecule has 4 nitrogen and oxygen atoms in total. The summed E-state index contributed by atoms with van der Waals surface area (Å²) in [6.07, 6.45) is 2.17. The van der Waals surface area contributed by atoms with Gasteiger partial charge in [-0.1, -0.05) is 55.4 Å². The van der Waals surface area contributed by atoms with Gasteiger partial charge in [-0.15, -0.1) is 0 Å². The Bertz CT molecular complexity index is 542. The van der Waals surface area contributed by atoms with E-state index in [2.05, 4.69) is 63.6 Å². The zero-order valence-corrected chi connectivity index (χ0v) is 18.0. The van der Waals surface area contributed by atoms with Crippen LogP contribution in [0.15, 0.2) is 18.2 Å². The summed E-state index contributed by atoms with van der Waals surface area (Å²) in [5.74, 6) is 0.00212. The summed E-state index contributed by atoms with van der Waals surface area (Å²) < 4.78 is 0. The first-order valence-electron chi connectivity index (χ1n) is 9.79. The van der Waals surface area contributed by atoms with Crippen molar-refractivity contribution in [3.8, 4) is 0 Å². The Balaban J connectivity index is 2.85. The Morgan fingerprint density at radius 1 is 0.808 bits per heavy atom. The highest BCUT2D eigenvalue weighted by molar-refractivity contribution is 5.93. The second-order valence-electron chi connectivity index (χ2n) is 9.92.